The molecule has 0 radical (unpaired) electrons. The summed E-state index contributed by atoms with van der Waals surface area (Å²) in [4.78, 5) is 26.1. The van der Waals surface area contributed by atoms with Gasteiger partial charge in [-0.1, -0.05) is 12.1 Å². The average molecular weight is 497 g/mol. The van der Waals surface area contributed by atoms with E-state index in [0.29, 0.717) is 17.9 Å². The molecule has 0 bridgehead atoms. The normalized spacial score (nSPS) is 11.7. The van der Waals surface area contributed by atoms with Gasteiger partial charge in [-0.15, -0.1) is 11.8 Å². The Kier molecular flexibility index (Phi) is 8.27. The summed E-state index contributed by atoms with van der Waals surface area (Å²) in [6.07, 6.45) is 5.61. The second-order valence-corrected chi connectivity index (χ2v) is 10.5. The maximum Gasteiger partial charge on any atom is 0.350 e. The summed E-state index contributed by atoms with van der Waals surface area (Å²) in [5, 5.41) is 4.35. The molecule has 0 spiro atoms. The van der Waals surface area contributed by atoms with Crippen LogP contribution in [0.2, 0.25) is 0 Å². The second-order valence-electron chi connectivity index (χ2n) is 9.61. The van der Waals surface area contributed by atoms with E-state index in [4.69, 9.17) is 14.2 Å². The number of nitrogens with zero attached hydrogens (tertiary/aromatic N) is 2. The lowest BCUT2D eigenvalue weighted by Gasteiger charge is -2.29. The molecule has 3 aromatic rings. The van der Waals surface area contributed by atoms with Crippen LogP contribution in [-0.2, 0) is 27.4 Å². The first-order valence-electron chi connectivity index (χ1n) is 11.3. The lowest BCUT2D eigenvalue weighted by molar-refractivity contribution is -0.170. The van der Waals surface area contributed by atoms with Crippen LogP contribution in [0.5, 0.6) is 5.75 Å². The Balaban J connectivity index is 1.52. The van der Waals surface area contributed by atoms with Gasteiger partial charge in [0.2, 0.25) is 0 Å². The number of carbonyl (C=O) groups is 2. The molecule has 8 heteroatoms. The molecule has 0 N–H and O–H groups in total. The first-order valence-corrected chi connectivity index (χ1v) is 12.5. The van der Waals surface area contributed by atoms with Crippen molar-refractivity contribution in [1.82, 2.24) is 9.78 Å². The summed E-state index contributed by atoms with van der Waals surface area (Å²) in [6.45, 7) is 9.45. The van der Waals surface area contributed by atoms with Crippen LogP contribution in [-0.4, -0.2) is 39.2 Å². The SMILES string of the molecule is CSc1ccc(Cn2cc(COC(=O)c3ccc(OC(C)(C)C(=O)OC(C)(C)C)cc3)cn2)cc1. The number of esters is 2. The highest BCUT2D eigenvalue weighted by atomic mass is 32.2. The molecule has 0 unspecified atom stereocenters. The first-order chi connectivity index (χ1) is 16.4. The maximum absolute atomic E-state index is 12.5. The van der Waals surface area contributed by atoms with E-state index in [1.807, 2.05) is 17.1 Å². The number of ether oxygens (including phenoxy) is 3. The van der Waals surface area contributed by atoms with E-state index in [2.05, 4.69) is 29.4 Å². The molecule has 0 saturated heterocycles. The second kappa shape index (κ2) is 11.0. The van der Waals surface area contributed by atoms with Crippen molar-refractivity contribution < 1.29 is 23.8 Å². The zero-order valence-corrected chi connectivity index (χ0v) is 21.8. The van der Waals surface area contributed by atoms with Crippen molar-refractivity contribution in [2.75, 3.05) is 6.26 Å². The molecule has 0 aliphatic carbocycles. The van der Waals surface area contributed by atoms with Gasteiger partial charge in [0.05, 0.1) is 18.3 Å². The molecule has 0 aliphatic rings. The zero-order valence-electron chi connectivity index (χ0n) is 21.0. The predicted octanol–water partition coefficient (Wildman–Crippen LogP) is 5.51. The van der Waals surface area contributed by atoms with Gasteiger partial charge in [0.15, 0.2) is 5.60 Å². The summed E-state index contributed by atoms with van der Waals surface area (Å²) in [5.74, 6) is -0.474. The smallest absolute Gasteiger partial charge is 0.350 e. The van der Waals surface area contributed by atoms with Crippen molar-refractivity contribution in [1.29, 1.82) is 0 Å². The molecule has 0 saturated carbocycles. The van der Waals surface area contributed by atoms with Gasteiger partial charge in [-0.05, 0) is 82.8 Å². The van der Waals surface area contributed by atoms with Crippen molar-refractivity contribution in [2.24, 2.45) is 0 Å². The summed E-state index contributed by atoms with van der Waals surface area (Å²) in [6, 6.07) is 14.8. The molecule has 35 heavy (non-hydrogen) atoms. The van der Waals surface area contributed by atoms with Crippen LogP contribution in [0.4, 0.5) is 0 Å². The Morgan fingerprint density at radius 3 is 2.20 bits per heavy atom. The average Bonchev–Trinajstić information content (AvgIpc) is 3.24. The zero-order chi connectivity index (χ0) is 25.6. The molecule has 0 fully saturated rings. The number of hydrogen-bond donors (Lipinski definition) is 0. The Labute approximate surface area is 210 Å². The minimum Gasteiger partial charge on any atom is -0.476 e. The first kappa shape index (κ1) is 26.3. The van der Waals surface area contributed by atoms with Crippen molar-refractivity contribution >= 4 is 23.7 Å². The standard InChI is InChI=1S/C27H32N2O5S/c1-26(2,3)34-25(31)27(4,5)33-22-11-9-21(10-12-22)24(30)32-18-20-15-28-29(17-20)16-19-7-13-23(35-6)14-8-19/h7-15,17H,16,18H2,1-6H3. The molecule has 0 atom stereocenters. The van der Waals surface area contributed by atoms with Crippen LogP contribution < -0.4 is 4.74 Å². The van der Waals surface area contributed by atoms with E-state index in [1.165, 1.54) is 4.90 Å². The fourth-order valence-corrected chi connectivity index (χ4v) is 3.52. The third-order valence-corrected chi connectivity index (χ3v) is 5.66. The highest BCUT2D eigenvalue weighted by molar-refractivity contribution is 7.98. The van der Waals surface area contributed by atoms with Crippen LogP contribution in [0.3, 0.4) is 0 Å². The van der Waals surface area contributed by atoms with Crippen molar-refractivity contribution in [3.05, 3.63) is 77.6 Å². The summed E-state index contributed by atoms with van der Waals surface area (Å²) >= 11 is 1.70. The number of benzene rings is 2. The van der Waals surface area contributed by atoms with E-state index in [9.17, 15) is 9.59 Å². The highest BCUT2D eigenvalue weighted by Crippen LogP contribution is 2.23. The largest absolute Gasteiger partial charge is 0.476 e. The molecule has 7 nitrogen and oxygen atoms in total. The van der Waals surface area contributed by atoms with Crippen LogP contribution in [0, 0.1) is 0 Å². The van der Waals surface area contributed by atoms with E-state index in [-0.39, 0.29) is 6.61 Å². The molecular formula is C27H32N2O5S. The Morgan fingerprint density at radius 1 is 0.943 bits per heavy atom. The summed E-state index contributed by atoms with van der Waals surface area (Å²) in [5.41, 5.74) is 0.548. The molecular weight excluding hydrogens is 464 g/mol. The van der Waals surface area contributed by atoms with Crippen LogP contribution in [0.25, 0.3) is 0 Å². The number of rotatable bonds is 9. The van der Waals surface area contributed by atoms with Gasteiger partial charge in [-0.3, -0.25) is 4.68 Å². The number of thioether (sulfide) groups is 1. The molecule has 0 amide bonds. The molecule has 0 aliphatic heterocycles. The molecule has 2 aromatic carbocycles. The fraction of sp³-hybridized carbons (Fsp3) is 0.370. The summed E-state index contributed by atoms with van der Waals surface area (Å²) < 4.78 is 18.5. The maximum atomic E-state index is 12.5. The minimum absolute atomic E-state index is 0.119. The van der Waals surface area contributed by atoms with Gasteiger partial charge >= 0.3 is 11.9 Å². The molecule has 186 valence electrons. The quantitative estimate of drug-likeness (QED) is 0.285. The van der Waals surface area contributed by atoms with Crippen LogP contribution in [0.15, 0.2) is 65.8 Å². The fourth-order valence-electron chi connectivity index (χ4n) is 3.11. The Morgan fingerprint density at radius 2 is 1.60 bits per heavy atom. The number of aromatic nitrogens is 2. The molecule has 1 heterocycles. The number of hydrogen-bond acceptors (Lipinski definition) is 7. The van der Waals surface area contributed by atoms with Crippen molar-refractivity contribution in [3.63, 3.8) is 0 Å². The predicted molar refractivity (Wildman–Crippen MR) is 136 cm³/mol. The van der Waals surface area contributed by atoms with Crippen LogP contribution >= 0.6 is 11.8 Å². The van der Waals surface area contributed by atoms with Gasteiger partial charge in [0, 0.05) is 16.7 Å². The van der Waals surface area contributed by atoms with E-state index in [0.717, 1.165) is 11.1 Å². The topological polar surface area (TPSA) is 79.7 Å². The minimum atomic E-state index is -1.17. The third kappa shape index (κ3) is 7.89. The highest BCUT2D eigenvalue weighted by Gasteiger charge is 2.34. The van der Waals surface area contributed by atoms with E-state index >= 15 is 0 Å². The van der Waals surface area contributed by atoms with E-state index in [1.54, 1.807) is 76.8 Å². The Bertz CT molecular complexity index is 1150. The van der Waals surface area contributed by atoms with Gasteiger partial charge in [-0.2, -0.15) is 5.10 Å². The molecule has 3 rings (SSSR count). The van der Waals surface area contributed by atoms with Gasteiger partial charge in [0.25, 0.3) is 0 Å². The monoisotopic (exact) mass is 496 g/mol. The lowest BCUT2D eigenvalue weighted by atomic mass is 10.1. The van der Waals surface area contributed by atoms with Crippen molar-refractivity contribution in [3.8, 4) is 5.75 Å². The number of carbonyl (C=O) groups excluding carboxylic acids is 2. The van der Waals surface area contributed by atoms with Gasteiger partial charge < -0.3 is 14.2 Å². The lowest BCUT2D eigenvalue weighted by Crippen LogP contribution is -2.43. The van der Waals surface area contributed by atoms with Crippen LogP contribution in [0.1, 0.15) is 56.1 Å². The van der Waals surface area contributed by atoms with Gasteiger partial charge in [0.1, 0.15) is 18.0 Å². The summed E-state index contributed by atoms with van der Waals surface area (Å²) in [7, 11) is 0. The molecule has 1 aromatic heterocycles. The van der Waals surface area contributed by atoms with Crippen molar-refractivity contribution in [2.45, 2.75) is 63.9 Å². The van der Waals surface area contributed by atoms with E-state index < -0.39 is 23.1 Å². The third-order valence-electron chi connectivity index (χ3n) is 4.91. The Hall–Kier alpha value is -3.26. The van der Waals surface area contributed by atoms with Gasteiger partial charge in [-0.25, -0.2) is 9.59 Å².